The van der Waals surface area contributed by atoms with Crippen LogP contribution in [0.3, 0.4) is 0 Å². The summed E-state index contributed by atoms with van der Waals surface area (Å²) in [5, 5.41) is 13.2. The molecule has 0 unspecified atom stereocenters. The van der Waals surface area contributed by atoms with Gasteiger partial charge in [-0.15, -0.1) is 11.3 Å². The zero-order chi connectivity index (χ0) is 21.2. The van der Waals surface area contributed by atoms with Crippen LogP contribution < -0.4 is 10.3 Å². The second-order valence-corrected chi connectivity index (χ2v) is 8.72. The van der Waals surface area contributed by atoms with Crippen molar-refractivity contribution in [1.82, 2.24) is 13.7 Å². The number of thiazole rings is 1. The molecule has 0 saturated carbocycles. The molecule has 12 heteroatoms. The highest BCUT2D eigenvalue weighted by Gasteiger charge is 2.26. The normalized spacial score (nSPS) is 11.8. The molecule has 0 aliphatic carbocycles. The van der Waals surface area contributed by atoms with Crippen LogP contribution in [0.15, 0.2) is 45.5 Å². The second-order valence-electron chi connectivity index (χ2n) is 5.91. The zero-order valence-electron chi connectivity index (χ0n) is 15.6. The average Bonchev–Trinajstić information content (AvgIpc) is 3.16. The van der Waals surface area contributed by atoms with E-state index in [0.29, 0.717) is 10.7 Å². The van der Waals surface area contributed by atoms with Crippen LogP contribution in [0.4, 0.5) is 5.69 Å². The van der Waals surface area contributed by atoms with Gasteiger partial charge in [0, 0.05) is 36.8 Å². The van der Waals surface area contributed by atoms with E-state index in [0.717, 1.165) is 6.07 Å². The Morgan fingerprint density at radius 3 is 2.66 bits per heavy atom. The first-order valence-corrected chi connectivity index (χ1v) is 11.0. The smallest absolute Gasteiger partial charge is 0.312 e. The number of rotatable bonds is 8. The molecule has 0 bridgehead atoms. The Morgan fingerprint density at radius 2 is 2.00 bits per heavy atom. The van der Waals surface area contributed by atoms with Crippen LogP contribution in [-0.2, 0) is 16.6 Å². The maximum Gasteiger partial charge on any atom is 0.312 e. The Bertz CT molecular complexity index is 1210. The lowest BCUT2D eigenvalue weighted by Crippen LogP contribution is -2.30. The molecule has 0 atom stereocenters. The van der Waals surface area contributed by atoms with Crippen LogP contribution in [0.5, 0.6) is 5.75 Å². The second kappa shape index (κ2) is 8.27. The fourth-order valence-corrected chi connectivity index (χ4v) is 4.97. The van der Waals surface area contributed by atoms with Crippen molar-refractivity contribution in [3.05, 3.63) is 62.0 Å². The topological polar surface area (TPSA) is 124 Å². The van der Waals surface area contributed by atoms with Crippen molar-refractivity contribution in [3.63, 3.8) is 0 Å². The third kappa shape index (κ3) is 4.13. The first-order valence-electron chi connectivity index (χ1n) is 8.65. The SMILES string of the molecule is CCN(CC)S(=O)(=O)c1ccc(OCc2cc(=O)n3ccsc3n2)c([N+](=O)[O-])c1. The van der Waals surface area contributed by atoms with Crippen LogP contribution in [0.1, 0.15) is 19.5 Å². The number of ether oxygens (including phenoxy) is 1. The van der Waals surface area contributed by atoms with Crippen LogP contribution in [0, 0.1) is 10.1 Å². The minimum Gasteiger partial charge on any atom is -0.480 e. The molecule has 10 nitrogen and oxygen atoms in total. The van der Waals surface area contributed by atoms with Gasteiger partial charge in [-0.2, -0.15) is 4.31 Å². The predicted molar refractivity (Wildman–Crippen MR) is 107 cm³/mol. The van der Waals surface area contributed by atoms with Crippen molar-refractivity contribution in [2.24, 2.45) is 0 Å². The molecule has 154 valence electrons. The van der Waals surface area contributed by atoms with Gasteiger partial charge in [0.1, 0.15) is 6.61 Å². The lowest BCUT2D eigenvalue weighted by Gasteiger charge is -2.18. The number of aromatic nitrogens is 2. The van der Waals surface area contributed by atoms with Gasteiger partial charge in [-0.3, -0.25) is 19.3 Å². The van der Waals surface area contributed by atoms with Gasteiger partial charge in [0.05, 0.1) is 15.5 Å². The van der Waals surface area contributed by atoms with Gasteiger partial charge in [0.2, 0.25) is 10.0 Å². The minimum atomic E-state index is -3.85. The third-order valence-corrected chi connectivity index (χ3v) is 7.00. The highest BCUT2D eigenvalue weighted by atomic mass is 32.2. The zero-order valence-corrected chi connectivity index (χ0v) is 17.3. The maximum atomic E-state index is 12.6. The molecule has 2 aromatic heterocycles. The van der Waals surface area contributed by atoms with E-state index >= 15 is 0 Å². The summed E-state index contributed by atoms with van der Waals surface area (Å²) in [5.74, 6) is -0.110. The van der Waals surface area contributed by atoms with Crippen molar-refractivity contribution in [2.75, 3.05) is 13.1 Å². The van der Waals surface area contributed by atoms with E-state index in [1.165, 1.54) is 38.2 Å². The lowest BCUT2D eigenvalue weighted by atomic mass is 10.3. The quantitative estimate of drug-likeness (QED) is 0.390. The highest BCUT2D eigenvalue weighted by molar-refractivity contribution is 7.89. The number of benzene rings is 1. The van der Waals surface area contributed by atoms with E-state index in [9.17, 15) is 23.3 Å². The standard InChI is InChI=1S/C17H18N4O6S2/c1-3-19(4-2)29(25,26)13-5-6-15(14(10-13)21(23)24)27-11-12-9-16(22)20-7-8-28-17(20)18-12/h5-10H,3-4,11H2,1-2H3. The highest BCUT2D eigenvalue weighted by Crippen LogP contribution is 2.31. The molecule has 0 aliphatic rings. The van der Waals surface area contributed by atoms with Crippen molar-refractivity contribution >= 4 is 32.0 Å². The molecule has 0 spiro atoms. The first-order chi connectivity index (χ1) is 13.8. The van der Waals surface area contributed by atoms with Crippen molar-refractivity contribution in [3.8, 4) is 5.75 Å². The van der Waals surface area contributed by atoms with Gasteiger partial charge in [-0.05, 0) is 12.1 Å². The summed E-state index contributed by atoms with van der Waals surface area (Å²) < 4.78 is 33.3. The molecule has 2 heterocycles. The maximum absolute atomic E-state index is 12.6. The molecule has 0 N–H and O–H groups in total. The Balaban J connectivity index is 1.91. The fourth-order valence-electron chi connectivity index (χ4n) is 2.75. The number of nitro groups is 1. The molecule has 1 aromatic carbocycles. The van der Waals surface area contributed by atoms with E-state index in [4.69, 9.17) is 4.74 Å². The van der Waals surface area contributed by atoms with Crippen molar-refractivity contribution < 1.29 is 18.1 Å². The van der Waals surface area contributed by atoms with E-state index in [-0.39, 0.29) is 35.9 Å². The molecule has 3 rings (SSSR count). The van der Waals surface area contributed by atoms with Crippen LogP contribution in [0.2, 0.25) is 0 Å². The summed E-state index contributed by atoms with van der Waals surface area (Å²) in [6, 6.07) is 4.77. The van der Waals surface area contributed by atoms with Gasteiger partial charge >= 0.3 is 5.69 Å². The van der Waals surface area contributed by atoms with Gasteiger partial charge in [0.25, 0.3) is 5.56 Å². The van der Waals surface area contributed by atoms with Crippen LogP contribution in [-0.4, -0.2) is 40.1 Å². The largest absolute Gasteiger partial charge is 0.480 e. The number of nitro benzene ring substituents is 1. The summed E-state index contributed by atoms with van der Waals surface area (Å²) in [7, 11) is -3.85. The Hall–Kier alpha value is -2.83. The predicted octanol–water partition coefficient (Wildman–Crippen LogP) is 2.27. The van der Waals surface area contributed by atoms with Gasteiger partial charge in [-0.25, -0.2) is 13.4 Å². The monoisotopic (exact) mass is 438 g/mol. The summed E-state index contributed by atoms with van der Waals surface area (Å²) in [5.41, 5.74) is -0.455. The number of hydrogen-bond acceptors (Lipinski definition) is 8. The van der Waals surface area contributed by atoms with Crippen molar-refractivity contribution in [2.45, 2.75) is 25.3 Å². The van der Waals surface area contributed by atoms with Gasteiger partial charge < -0.3 is 4.74 Å². The van der Waals surface area contributed by atoms with Crippen molar-refractivity contribution in [1.29, 1.82) is 0 Å². The Labute approximate surface area is 170 Å². The Morgan fingerprint density at radius 1 is 1.28 bits per heavy atom. The molecular weight excluding hydrogens is 420 g/mol. The fraction of sp³-hybridized carbons (Fsp3) is 0.294. The van der Waals surface area contributed by atoms with Crippen LogP contribution in [0.25, 0.3) is 4.96 Å². The number of nitrogens with zero attached hydrogens (tertiary/aromatic N) is 4. The summed E-state index contributed by atoms with van der Waals surface area (Å²) in [6.45, 7) is 3.70. The molecule has 3 aromatic rings. The number of hydrogen-bond donors (Lipinski definition) is 0. The first kappa shape index (κ1) is 20.9. The molecule has 0 radical (unpaired) electrons. The van der Waals surface area contributed by atoms with E-state index < -0.39 is 20.6 Å². The van der Waals surface area contributed by atoms with E-state index in [2.05, 4.69) is 4.98 Å². The van der Waals surface area contributed by atoms with Gasteiger partial charge in [-0.1, -0.05) is 13.8 Å². The van der Waals surface area contributed by atoms with E-state index in [1.54, 1.807) is 25.4 Å². The summed E-state index contributed by atoms with van der Waals surface area (Å²) in [6.07, 6.45) is 1.60. The summed E-state index contributed by atoms with van der Waals surface area (Å²) >= 11 is 1.27. The molecule has 0 fully saturated rings. The van der Waals surface area contributed by atoms with E-state index in [1.807, 2.05) is 0 Å². The molecule has 0 saturated heterocycles. The van der Waals surface area contributed by atoms with Crippen LogP contribution >= 0.6 is 11.3 Å². The Kier molecular flexibility index (Phi) is 5.96. The molecule has 29 heavy (non-hydrogen) atoms. The lowest BCUT2D eigenvalue weighted by molar-refractivity contribution is -0.386. The minimum absolute atomic E-state index is 0.110. The molecule has 0 amide bonds. The average molecular weight is 438 g/mol. The summed E-state index contributed by atoms with van der Waals surface area (Å²) in [4.78, 5) is 27.3. The van der Waals surface area contributed by atoms with Gasteiger partial charge in [0.15, 0.2) is 10.7 Å². The number of sulfonamides is 1. The third-order valence-electron chi connectivity index (χ3n) is 4.20. The molecule has 0 aliphatic heterocycles. The molecular formula is C17H18N4O6S2. The number of fused-ring (bicyclic) bond motifs is 1.